The number of hydrogen-bond acceptors (Lipinski definition) is 2. The fourth-order valence-corrected chi connectivity index (χ4v) is 1.37. The van der Waals surface area contributed by atoms with Crippen LogP contribution in [0.2, 0.25) is 5.02 Å². The first kappa shape index (κ1) is 11.9. The van der Waals surface area contributed by atoms with Crippen LogP contribution < -0.4 is 4.74 Å². The first-order valence-electron chi connectivity index (χ1n) is 4.79. The average Bonchev–Trinajstić information content (AvgIpc) is 2.20. The molecule has 15 heavy (non-hydrogen) atoms. The fourth-order valence-electron chi connectivity index (χ4n) is 1.19. The van der Waals surface area contributed by atoms with E-state index in [1.54, 1.807) is 24.3 Å². The molecule has 1 atom stereocenters. The van der Waals surface area contributed by atoms with Crippen molar-refractivity contribution in [3.05, 3.63) is 29.3 Å². The molecule has 0 aliphatic rings. The normalized spacial score (nSPS) is 12.1. The standard InChI is InChI=1S/C11H13ClO3/c1-2-5-10(11(13)14)15-9-7-4-3-6-8(9)12/h3-4,6-7,10H,2,5H2,1H3,(H,13,14). The number of carboxylic acid groups (broad SMARTS) is 1. The largest absolute Gasteiger partial charge is 0.479 e. The summed E-state index contributed by atoms with van der Waals surface area (Å²) in [7, 11) is 0. The van der Waals surface area contributed by atoms with E-state index in [1.165, 1.54) is 0 Å². The van der Waals surface area contributed by atoms with Crippen LogP contribution in [0.15, 0.2) is 24.3 Å². The zero-order valence-corrected chi connectivity index (χ0v) is 9.20. The molecule has 0 saturated heterocycles. The van der Waals surface area contributed by atoms with Gasteiger partial charge >= 0.3 is 5.97 Å². The highest BCUT2D eigenvalue weighted by Crippen LogP contribution is 2.25. The van der Waals surface area contributed by atoms with Gasteiger partial charge < -0.3 is 9.84 Å². The predicted molar refractivity (Wildman–Crippen MR) is 58.4 cm³/mol. The van der Waals surface area contributed by atoms with Crippen LogP contribution in [0.25, 0.3) is 0 Å². The molecule has 0 aromatic heterocycles. The Morgan fingerprint density at radius 2 is 2.20 bits per heavy atom. The van der Waals surface area contributed by atoms with Crippen molar-refractivity contribution in [3.63, 3.8) is 0 Å². The Hall–Kier alpha value is -1.22. The maximum absolute atomic E-state index is 10.8. The van der Waals surface area contributed by atoms with Crippen molar-refractivity contribution >= 4 is 17.6 Å². The van der Waals surface area contributed by atoms with Gasteiger partial charge in [-0.1, -0.05) is 37.1 Å². The van der Waals surface area contributed by atoms with Gasteiger partial charge in [-0.15, -0.1) is 0 Å². The van der Waals surface area contributed by atoms with Gasteiger partial charge in [0.25, 0.3) is 0 Å². The summed E-state index contributed by atoms with van der Waals surface area (Å²) in [6.45, 7) is 1.91. The molecule has 82 valence electrons. The first-order valence-corrected chi connectivity index (χ1v) is 5.17. The third-order valence-electron chi connectivity index (χ3n) is 1.93. The Kier molecular flexibility index (Phi) is 4.43. The summed E-state index contributed by atoms with van der Waals surface area (Å²) >= 11 is 5.86. The van der Waals surface area contributed by atoms with Gasteiger partial charge in [-0.25, -0.2) is 4.79 Å². The molecule has 1 aromatic carbocycles. The van der Waals surface area contributed by atoms with Crippen molar-refractivity contribution < 1.29 is 14.6 Å². The van der Waals surface area contributed by atoms with Gasteiger partial charge in [-0.3, -0.25) is 0 Å². The molecule has 0 amide bonds. The highest BCUT2D eigenvalue weighted by molar-refractivity contribution is 6.32. The summed E-state index contributed by atoms with van der Waals surface area (Å²) in [4.78, 5) is 10.8. The molecule has 0 spiro atoms. The van der Waals surface area contributed by atoms with Crippen LogP contribution in [0.5, 0.6) is 5.75 Å². The Bertz CT molecular complexity index is 338. The number of carboxylic acids is 1. The second-order valence-electron chi connectivity index (χ2n) is 3.16. The predicted octanol–water partition coefficient (Wildman–Crippen LogP) is 2.97. The van der Waals surface area contributed by atoms with Gasteiger partial charge in [0, 0.05) is 0 Å². The van der Waals surface area contributed by atoms with Crippen molar-refractivity contribution in [1.82, 2.24) is 0 Å². The van der Waals surface area contributed by atoms with Crippen molar-refractivity contribution in [2.45, 2.75) is 25.9 Å². The van der Waals surface area contributed by atoms with Gasteiger partial charge in [0.05, 0.1) is 5.02 Å². The average molecular weight is 229 g/mol. The lowest BCUT2D eigenvalue weighted by Gasteiger charge is -2.14. The lowest BCUT2D eigenvalue weighted by molar-refractivity contribution is -0.145. The molecule has 0 radical (unpaired) electrons. The molecule has 0 saturated carbocycles. The number of benzene rings is 1. The maximum atomic E-state index is 10.8. The van der Waals surface area contributed by atoms with E-state index in [0.717, 1.165) is 6.42 Å². The highest BCUT2D eigenvalue weighted by atomic mass is 35.5. The van der Waals surface area contributed by atoms with E-state index >= 15 is 0 Å². The molecular formula is C11H13ClO3. The van der Waals surface area contributed by atoms with E-state index in [9.17, 15) is 4.79 Å². The van der Waals surface area contributed by atoms with Gasteiger partial charge in [-0.2, -0.15) is 0 Å². The van der Waals surface area contributed by atoms with Gasteiger partial charge in [-0.05, 0) is 18.6 Å². The lowest BCUT2D eigenvalue weighted by Crippen LogP contribution is -2.26. The second-order valence-corrected chi connectivity index (χ2v) is 3.57. The van der Waals surface area contributed by atoms with Crippen LogP contribution >= 0.6 is 11.6 Å². The minimum Gasteiger partial charge on any atom is -0.479 e. The first-order chi connectivity index (χ1) is 7.15. The van der Waals surface area contributed by atoms with Crippen LogP contribution in [-0.2, 0) is 4.79 Å². The monoisotopic (exact) mass is 228 g/mol. The third kappa shape index (κ3) is 3.44. The molecular weight excluding hydrogens is 216 g/mol. The number of halogens is 1. The van der Waals surface area contributed by atoms with Crippen LogP contribution in [-0.4, -0.2) is 17.2 Å². The van der Waals surface area contributed by atoms with Crippen molar-refractivity contribution in [1.29, 1.82) is 0 Å². The second kappa shape index (κ2) is 5.61. The summed E-state index contributed by atoms with van der Waals surface area (Å²) in [6, 6.07) is 6.85. The molecule has 0 bridgehead atoms. The maximum Gasteiger partial charge on any atom is 0.344 e. The number of para-hydroxylation sites is 1. The number of ether oxygens (including phenoxy) is 1. The van der Waals surface area contributed by atoms with E-state index < -0.39 is 12.1 Å². The minimum atomic E-state index is -0.961. The van der Waals surface area contributed by atoms with Crippen molar-refractivity contribution in [2.24, 2.45) is 0 Å². The van der Waals surface area contributed by atoms with Gasteiger partial charge in [0.1, 0.15) is 5.75 Å². The zero-order valence-electron chi connectivity index (χ0n) is 8.44. The minimum absolute atomic E-state index is 0.417. The Labute approximate surface area is 93.6 Å². The van der Waals surface area contributed by atoms with Crippen LogP contribution in [0.1, 0.15) is 19.8 Å². The molecule has 1 N–H and O–H groups in total. The summed E-state index contributed by atoms with van der Waals surface area (Å²) in [5, 5.41) is 9.32. The third-order valence-corrected chi connectivity index (χ3v) is 2.24. The van der Waals surface area contributed by atoms with E-state index in [-0.39, 0.29) is 0 Å². The zero-order chi connectivity index (χ0) is 11.3. The summed E-state index contributed by atoms with van der Waals surface area (Å²) in [5.41, 5.74) is 0. The van der Waals surface area contributed by atoms with Crippen LogP contribution in [0.3, 0.4) is 0 Å². The SMILES string of the molecule is CCCC(Oc1ccccc1Cl)C(=O)O. The molecule has 4 heteroatoms. The molecule has 0 heterocycles. The lowest BCUT2D eigenvalue weighted by atomic mass is 10.2. The van der Waals surface area contributed by atoms with E-state index in [4.69, 9.17) is 21.4 Å². The quantitative estimate of drug-likeness (QED) is 0.843. The molecule has 0 aliphatic heterocycles. The van der Waals surface area contributed by atoms with E-state index in [0.29, 0.717) is 17.2 Å². The molecule has 1 rings (SSSR count). The smallest absolute Gasteiger partial charge is 0.344 e. The number of hydrogen-bond donors (Lipinski definition) is 1. The summed E-state index contributed by atoms with van der Waals surface area (Å²) in [6.07, 6.45) is 0.400. The number of rotatable bonds is 5. The van der Waals surface area contributed by atoms with E-state index in [1.807, 2.05) is 6.92 Å². The molecule has 0 aliphatic carbocycles. The van der Waals surface area contributed by atoms with Crippen molar-refractivity contribution in [2.75, 3.05) is 0 Å². The molecule has 1 aromatic rings. The topological polar surface area (TPSA) is 46.5 Å². The van der Waals surface area contributed by atoms with Crippen LogP contribution in [0.4, 0.5) is 0 Å². The number of aliphatic carboxylic acids is 1. The van der Waals surface area contributed by atoms with Gasteiger partial charge in [0.15, 0.2) is 6.10 Å². The van der Waals surface area contributed by atoms with E-state index in [2.05, 4.69) is 0 Å². The molecule has 3 nitrogen and oxygen atoms in total. The Balaban J connectivity index is 2.74. The van der Waals surface area contributed by atoms with Crippen molar-refractivity contribution in [3.8, 4) is 5.75 Å². The Morgan fingerprint density at radius 3 is 2.73 bits per heavy atom. The summed E-state index contributed by atoms with van der Waals surface area (Å²) in [5.74, 6) is -0.545. The highest BCUT2D eigenvalue weighted by Gasteiger charge is 2.18. The Morgan fingerprint density at radius 1 is 1.53 bits per heavy atom. The fraction of sp³-hybridized carbons (Fsp3) is 0.364. The number of carbonyl (C=O) groups is 1. The summed E-state index contributed by atoms with van der Waals surface area (Å²) < 4.78 is 5.32. The van der Waals surface area contributed by atoms with Gasteiger partial charge in [0.2, 0.25) is 0 Å². The molecule has 1 unspecified atom stereocenters. The van der Waals surface area contributed by atoms with Crippen LogP contribution in [0, 0.1) is 0 Å². The molecule has 0 fully saturated rings.